The number of hydrogen-bond acceptors (Lipinski definition) is 2. The highest BCUT2D eigenvalue weighted by Gasteiger charge is 2.27. The van der Waals surface area contributed by atoms with E-state index in [0.29, 0.717) is 12.1 Å². The van der Waals surface area contributed by atoms with Gasteiger partial charge >= 0.3 is 5.69 Å². The summed E-state index contributed by atoms with van der Waals surface area (Å²) in [4.78, 5) is 27.1. The Balaban J connectivity index is 2.00. The van der Waals surface area contributed by atoms with Crippen LogP contribution in [0.1, 0.15) is 42.4 Å². The van der Waals surface area contributed by atoms with Gasteiger partial charge in [0.1, 0.15) is 5.15 Å². The first-order valence-corrected chi connectivity index (χ1v) is 7.47. The number of benzene rings is 1. The lowest BCUT2D eigenvalue weighted by Gasteiger charge is -2.30. The lowest BCUT2D eigenvalue weighted by atomic mass is 9.77. The third kappa shape index (κ3) is 2.33. The molecule has 21 heavy (non-hydrogen) atoms. The second-order valence-electron chi connectivity index (χ2n) is 5.83. The first-order chi connectivity index (χ1) is 9.99. The van der Waals surface area contributed by atoms with Gasteiger partial charge in [-0.2, -0.15) is 0 Å². The van der Waals surface area contributed by atoms with E-state index in [4.69, 9.17) is 11.6 Å². The van der Waals surface area contributed by atoms with Crippen LogP contribution in [0.3, 0.4) is 0 Å². The largest absolute Gasteiger partial charge is 0.329 e. The number of nitrogens with one attached hydrogen (secondary N) is 1. The van der Waals surface area contributed by atoms with Crippen LogP contribution in [0.4, 0.5) is 0 Å². The van der Waals surface area contributed by atoms with Crippen molar-refractivity contribution in [1.29, 1.82) is 0 Å². The summed E-state index contributed by atoms with van der Waals surface area (Å²) in [6, 6.07) is 8.13. The van der Waals surface area contributed by atoms with Gasteiger partial charge in [0.15, 0.2) is 0 Å². The maximum absolute atomic E-state index is 12.5. The second kappa shape index (κ2) is 5.19. The lowest BCUT2D eigenvalue weighted by molar-refractivity contribution is 0.479. The Morgan fingerprint density at radius 1 is 1.33 bits per heavy atom. The van der Waals surface area contributed by atoms with Crippen molar-refractivity contribution in [1.82, 2.24) is 9.55 Å². The van der Waals surface area contributed by atoms with Crippen LogP contribution in [-0.4, -0.2) is 9.55 Å². The van der Waals surface area contributed by atoms with Gasteiger partial charge in [0.25, 0.3) is 5.56 Å². The molecule has 2 aromatic rings. The zero-order chi connectivity index (χ0) is 15.1. The van der Waals surface area contributed by atoms with Crippen molar-refractivity contribution in [3.8, 4) is 0 Å². The molecule has 0 bridgehead atoms. The van der Waals surface area contributed by atoms with E-state index in [1.54, 1.807) is 0 Å². The summed E-state index contributed by atoms with van der Waals surface area (Å²) >= 11 is 6.00. The number of hydrogen-bond donors (Lipinski definition) is 1. The van der Waals surface area contributed by atoms with E-state index in [9.17, 15) is 9.59 Å². The number of nitrogens with zero attached hydrogens (tertiary/aromatic N) is 1. The summed E-state index contributed by atoms with van der Waals surface area (Å²) < 4.78 is 1.28. The van der Waals surface area contributed by atoms with Gasteiger partial charge in [-0.05, 0) is 23.5 Å². The first kappa shape index (κ1) is 14.1. The number of H-pyrrole nitrogens is 1. The molecule has 1 aromatic carbocycles. The summed E-state index contributed by atoms with van der Waals surface area (Å²) in [5.74, 6) is 0.197. The van der Waals surface area contributed by atoms with Gasteiger partial charge in [-0.15, -0.1) is 0 Å². The Morgan fingerprint density at radius 2 is 2.05 bits per heavy atom. The molecule has 1 aromatic heterocycles. The molecule has 1 aliphatic rings. The van der Waals surface area contributed by atoms with Gasteiger partial charge in [0, 0.05) is 12.5 Å². The highest BCUT2D eigenvalue weighted by molar-refractivity contribution is 6.30. The molecule has 0 saturated carbocycles. The summed E-state index contributed by atoms with van der Waals surface area (Å²) in [7, 11) is 0. The van der Waals surface area contributed by atoms with Gasteiger partial charge in [-0.3, -0.25) is 14.3 Å². The molecule has 1 heterocycles. The van der Waals surface area contributed by atoms with Crippen molar-refractivity contribution >= 4 is 11.6 Å². The summed E-state index contributed by atoms with van der Waals surface area (Å²) in [5, 5.41) is 0.158. The molecule has 0 aliphatic heterocycles. The van der Waals surface area contributed by atoms with Gasteiger partial charge in [0.2, 0.25) is 0 Å². The van der Waals surface area contributed by atoms with Crippen molar-refractivity contribution in [2.45, 2.75) is 38.6 Å². The van der Waals surface area contributed by atoms with E-state index < -0.39 is 5.69 Å². The van der Waals surface area contributed by atoms with Crippen molar-refractivity contribution in [2.75, 3.05) is 0 Å². The standard InChI is InChI=1S/C16H17ClN2O2/c1-9(2)13-14(17)18-16(21)19(15(13)20)8-11-7-10-5-3-4-6-12(10)11/h3-6,9,11H,7-8H2,1-2H3,(H,18,21). The highest BCUT2D eigenvalue weighted by Crippen LogP contribution is 2.35. The average molecular weight is 305 g/mol. The van der Waals surface area contributed by atoms with Crippen molar-refractivity contribution in [3.63, 3.8) is 0 Å². The third-order valence-corrected chi connectivity index (χ3v) is 4.41. The molecule has 1 unspecified atom stereocenters. The number of rotatable bonds is 3. The molecular formula is C16H17ClN2O2. The maximum Gasteiger partial charge on any atom is 0.329 e. The average Bonchev–Trinajstić information content (AvgIpc) is 2.38. The minimum absolute atomic E-state index is 0.0261. The van der Waals surface area contributed by atoms with Crippen LogP contribution in [0.5, 0.6) is 0 Å². The zero-order valence-corrected chi connectivity index (χ0v) is 12.8. The number of aromatic nitrogens is 2. The quantitative estimate of drug-likeness (QED) is 0.886. The van der Waals surface area contributed by atoms with Crippen LogP contribution in [-0.2, 0) is 13.0 Å². The fourth-order valence-electron chi connectivity index (χ4n) is 2.97. The van der Waals surface area contributed by atoms with Crippen molar-refractivity contribution < 1.29 is 0 Å². The van der Waals surface area contributed by atoms with Gasteiger partial charge in [-0.25, -0.2) is 4.79 Å². The molecule has 4 nitrogen and oxygen atoms in total. The Bertz CT molecular complexity index is 805. The van der Waals surface area contributed by atoms with E-state index in [1.165, 1.54) is 15.7 Å². The SMILES string of the molecule is CC(C)c1c(Cl)[nH]c(=O)n(CC2Cc3ccccc32)c1=O. The third-order valence-electron chi connectivity index (χ3n) is 4.12. The van der Waals surface area contributed by atoms with Crippen LogP contribution >= 0.6 is 11.6 Å². The number of halogens is 1. The maximum atomic E-state index is 12.5. The molecular weight excluding hydrogens is 288 g/mol. The van der Waals surface area contributed by atoms with Crippen LogP contribution in [0, 0.1) is 0 Å². The molecule has 3 rings (SSSR count). The Hall–Kier alpha value is -1.81. The van der Waals surface area contributed by atoms with Crippen molar-refractivity contribution in [3.05, 3.63) is 66.9 Å². The summed E-state index contributed by atoms with van der Waals surface area (Å²) in [6.45, 7) is 4.19. The lowest BCUT2D eigenvalue weighted by Crippen LogP contribution is -2.40. The van der Waals surface area contributed by atoms with Gasteiger partial charge in [0.05, 0.1) is 5.56 Å². The smallest absolute Gasteiger partial charge is 0.297 e. The van der Waals surface area contributed by atoms with E-state index in [1.807, 2.05) is 26.0 Å². The topological polar surface area (TPSA) is 54.9 Å². The predicted molar refractivity (Wildman–Crippen MR) is 83.3 cm³/mol. The molecule has 1 N–H and O–H groups in total. The molecule has 0 fully saturated rings. The molecule has 5 heteroatoms. The van der Waals surface area contributed by atoms with E-state index >= 15 is 0 Å². The van der Waals surface area contributed by atoms with Crippen LogP contribution in [0.2, 0.25) is 5.15 Å². The predicted octanol–water partition coefficient (Wildman–Crippen LogP) is 2.65. The first-order valence-electron chi connectivity index (χ1n) is 7.09. The molecule has 0 spiro atoms. The second-order valence-corrected chi connectivity index (χ2v) is 6.21. The van der Waals surface area contributed by atoms with E-state index in [0.717, 1.165) is 6.42 Å². The highest BCUT2D eigenvalue weighted by atomic mass is 35.5. The zero-order valence-electron chi connectivity index (χ0n) is 12.0. The van der Waals surface area contributed by atoms with Gasteiger partial charge < -0.3 is 0 Å². The normalized spacial score (nSPS) is 16.7. The van der Waals surface area contributed by atoms with Crippen LogP contribution < -0.4 is 11.2 Å². The molecule has 0 saturated heterocycles. The molecule has 1 aliphatic carbocycles. The van der Waals surface area contributed by atoms with Crippen molar-refractivity contribution in [2.24, 2.45) is 0 Å². The fraction of sp³-hybridized carbons (Fsp3) is 0.375. The molecule has 0 amide bonds. The Kier molecular flexibility index (Phi) is 3.49. The minimum Gasteiger partial charge on any atom is -0.297 e. The molecule has 1 atom stereocenters. The van der Waals surface area contributed by atoms with E-state index in [2.05, 4.69) is 17.1 Å². The Morgan fingerprint density at radius 3 is 2.71 bits per heavy atom. The van der Waals surface area contributed by atoms with Crippen LogP contribution in [0.25, 0.3) is 0 Å². The summed E-state index contributed by atoms with van der Waals surface area (Å²) in [5.41, 5.74) is 2.29. The fourth-order valence-corrected chi connectivity index (χ4v) is 3.35. The number of aromatic amines is 1. The molecule has 0 radical (unpaired) electrons. The van der Waals surface area contributed by atoms with Crippen LogP contribution in [0.15, 0.2) is 33.9 Å². The monoisotopic (exact) mass is 304 g/mol. The number of fused-ring (bicyclic) bond motifs is 1. The van der Waals surface area contributed by atoms with Gasteiger partial charge in [-0.1, -0.05) is 49.7 Å². The molecule has 110 valence electrons. The summed E-state index contributed by atoms with van der Waals surface area (Å²) in [6.07, 6.45) is 0.904. The Labute approximate surface area is 127 Å². The van der Waals surface area contributed by atoms with E-state index in [-0.39, 0.29) is 22.5 Å². The minimum atomic E-state index is -0.432.